The molecule has 2 N–H and O–H groups in total. The van der Waals surface area contributed by atoms with Gasteiger partial charge in [-0.3, -0.25) is 0 Å². The van der Waals surface area contributed by atoms with Crippen LogP contribution in [0, 0.1) is 5.92 Å². The smallest absolute Gasteiger partial charge is 0.137 e. The van der Waals surface area contributed by atoms with Crippen LogP contribution in [0.25, 0.3) is 0 Å². The number of methoxy groups -OCH3 is 1. The van der Waals surface area contributed by atoms with Gasteiger partial charge in [0.1, 0.15) is 17.4 Å². The van der Waals surface area contributed by atoms with Gasteiger partial charge in [-0.25, -0.2) is 0 Å². The van der Waals surface area contributed by atoms with Crippen LogP contribution in [0.4, 0.5) is 0 Å². The summed E-state index contributed by atoms with van der Waals surface area (Å²) in [5, 5.41) is 8.65. The molecule has 0 spiro atoms. The third-order valence-corrected chi connectivity index (χ3v) is 3.95. The Hall–Kier alpha value is -1.88. The third kappa shape index (κ3) is 2.54. The van der Waals surface area contributed by atoms with E-state index in [-0.39, 0.29) is 0 Å². The standard InChI is InChI=1S/C15H20N4O/c1-20-13-4-2-3-11(7-13)8-15-18-17-14-6-5-12(9-16)10-19(14)15/h2-4,7,12H,5-6,8-10,16H2,1H3. The predicted molar refractivity (Wildman–Crippen MR) is 76.7 cm³/mol. The molecular formula is C15H20N4O. The molecule has 1 unspecified atom stereocenters. The lowest BCUT2D eigenvalue weighted by atomic mass is 9.99. The Kier molecular flexibility index (Phi) is 3.69. The van der Waals surface area contributed by atoms with Crippen molar-refractivity contribution in [1.29, 1.82) is 0 Å². The van der Waals surface area contributed by atoms with E-state index in [9.17, 15) is 0 Å². The first kappa shape index (κ1) is 13.1. The van der Waals surface area contributed by atoms with Gasteiger partial charge in [0.05, 0.1) is 7.11 Å². The third-order valence-electron chi connectivity index (χ3n) is 3.95. The number of aryl methyl sites for hydroxylation is 1. The molecule has 0 aliphatic carbocycles. The molecule has 1 aliphatic rings. The Morgan fingerprint density at radius 1 is 1.40 bits per heavy atom. The summed E-state index contributed by atoms with van der Waals surface area (Å²) in [5.41, 5.74) is 6.99. The molecule has 2 aromatic rings. The molecule has 20 heavy (non-hydrogen) atoms. The summed E-state index contributed by atoms with van der Waals surface area (Å²) < 4.78 is 7.50. The van der Waals surface area contributed by atoms with Gasteiger partial charge >= 0.3 is 0 Å². The van der Waals surface area contributed by atoms with E-state index in [4.69, 9.17) is 10.5 Å². The molecule has 106 valence electrons. The average Bonchev–Trinajstić information content (AvgIpc) is 2.89. The Bertz CT molecular complexity index is 593. The number of nitrogens with two attached hydrogens (primary N) is 1. The van der Waals surface area contributed by atoms with Gasteiger partial charge < -0.3 is 15.0 Å². The number of ether oxygens (including phenoxy) is 1. The first-order valence-electron chi connectivity index (χ1n) is 7.04. The van der Waals surface area contributed by atoms with E-state index in [2.05, 4.69) is 20.8 Å². The Labute approximate surface area is 118 Å². The lowest BCUT2D eigenvalue weighted by molar-refractivity contribution is 0.368. The van der Waals surface area contributed by atoms with Gasteiger partial charge in [0.2, 0.25) is 0 Å². The maximum absolute atomic E-state index is 5.80. The number of benzene rings is 1. The quantitative estimate of drug-likeness (QED) is 0.913. The van der Waals surface area contributed by atoms with Crippen molar-refractivity contribution in [3.05, 3.63) is 41.5 Å². The fourth-order valence-corrected chi connectivity index (χ4v) is 2.74. The number of hydrogen-bond acceptors (Lipinski definition) is 4. The first-order valence-corrected chi connectivity index (χ1v) is 7.04. The second kappa shape index (κ2) is 5.63. The van der Waals surface area contributed by atoms with Crippen LogP contribution in [0.2, 0.25) is 0 Å². The van der Waals surface area contributed by atoms with Gasteiger partial charge in [0.25, 0.3) is 0 Å². The molecule has 0 saturated carbocycles. The molecular weight excluding hydrogens is 252 g/mol. The van der Waals surface area contributed by atoms with Crippen LogP contribution in [0.3, 0.4) is 0 Å². The van der Waals surface area contributed by atoms with Gasteiger partial charge in [-0.2, -0.15) is 0 Å². The number of nitrogens with zero attached hydrogens (tertiary/aromatic N) is 3. The lowest BCUT2D eigenvalue weighted by Crippen LogP contribution is -2.27. The van der Waals surface area contributed by atoms with Crippen molar-refractivity contribution in [3.8, 4) is 5.75 Å². The van der Waals surface area contributed by atoms with Crippen molar-refractivity contribution < 1.29 is 4.74 Å². The van der Waals surface area contributed by atoms with Crippen LogP contribution in [0.1, 0.15) is 23.6 Å². The van der Waals surface area contributed by atoms with Crippen molar-refractivity contribution in [1.82, 2.24) is 14.8 Å². The molecule has 0 bridgehead atoms. The van der Waals surface area contributed by atoms with Crippen molar-refractivity contribution in [3.63, 3.8) is 0 Å². The number of aromatic nitrogens is 3. The van der Waals surface area contributed by atoms with E-state index in [1.807, 2.05) is 18.2 Å². The monoisotopic (exact) mass is 272 g/mol. The van der Waals surface area contributed by atoms with E-state index in [1.54, 1.807) is 7.11 Å². The van der Waals surface area contributed by atoms with Crippen molar-refractivity contribution in [2.75, 3.05) is 13.7 Å². The van der Waals surface area contributed by atoms with E-state index in [0.29, 0.717) is 5.92 Å². The highest BCUT2D eigenvalue weighted by Gasteiger charge is 2.21. The van der Waals surface area contributed by atoms with E-state index in [1.165, 1.54) is 5.56 Å². The summed E-state index contributed by atoms with van der Waals surface area (Å²) in [6.45, 7) is 1.67. The van der Waals surface area contributed by atoms with E-state index in [0.717, 1.165) is 49.8 Å². The SMILES string of the molecule is COc1cccc(Cc2nnc3n2CC(CN)CC3)c1. The summed E-state index contributed by atoms with van der Waals surface area (Å²) in [6, 6.07) is 8.09. The topological polar surface area (TPSA) is 66.0 Å². The Morgan fingerprint density at radius 3 is 3.10 bits per heavy atom. The summed E-state index contributed by atoms with van der Waals surface area (Å²) in [5.74, 6) is 3.53. The van der Waals surface area contributed by atoms with Crippen LogP contribution in [0.5, 0.6) is 5.75 Å². The molecule has 0 amide bonds. The highest BCUT2D eigenvalue weighted by molar-refractivity contribution is 5.30. The fraction of sp³-hybridized carbons (Fsp3) is 0.467. The van der Waals surface area contributed by atoms with Crippen LogP contribution < -0.4 is 10.5 Å². The van der Waals surface area contributed by atoms with E-state index < -0.39 is 0 Å². The summed E-state index contributed by atoms with van der Waals surface area (Å²) >= 11 is 0. The van der Waals surface area contributed by atoms with Gasteiger partial charge in [-0.15, -0.1) is 10.2 Å². The number of hydrogen-bond donors (Lipinski definition) is 1. The van der Waals surface area contributed by atoms with Crippen LogP contribution in [-0.2, 0) is 19.4 Å². The Morgan fingerprint density at radius 2 is 2.30 bits per heavy atom. The predicted octanol–water partition coefficient (Wildman–Crippen LogP) is 1.40. The second-order valence-corrected chi connectivity index (χ2v) is 5.31. The molecule has 0 saturated heterocycles. The minimum absolute atomic E-state index is 0.544. The zero-order chi connectivity index (χ0) is 13.9. The van der Waals surface area contributed by atoms with Gasteiger partial charge in [0.15, 0.2) is 0 Å². The molecule has 2 heterocycles. The van der Waals surface area contributed by atoms with Gasteiger partial charge in [0, 0.05) is 19.4 Å². The Balaban J connectivity index is 1.83. The molecule has 1 aliphatic heterocycles. The zero-order valence-corrected chi connectivity index (χ0v) is 11.7. The minimum atomic E-state index is 0.544. The molecule has 1 aromatic heterocycles. The molecule has 5 nitrogen and oxygen atoms in total. The second-order valence-electron chi connectivity index (χ2n) is 5.31. The number of fused-ring (bicyclic) bond motifs is 1. The van der Waals surface area contributed by atoms with Gasteiger partial charge in [-0.1, -0.05) is 12.1 Å². The maximum Gasteiger partial charge on any atom is 0.137 e. The highest BCUT2D eigenvalue weighted by atomic mass is 16.5. The van der Waals surface area contributed by atoms with Crippen molar-refractivity contribution >= 4 is 0 Å². The summed E-state index contributed by atoms with van der Waals surface area (Å²) in [7, 11) is 1.68. The van der Waals surface area contributed by atoms with Gasteiger partial charge in [-0.05, 0) is 36.6 Å². The molecule has 3 rings (SSSR count). The fourth-order valence-electron chi connectivity index (χ4n) is 2.74. The van der Waals surface area contributed by atoms with Crippen LogP contribution >= 0.6 is 0 Å². The normalized spacial score (nSPS) is 17.8. The molecule has 0 fully saturated rings. The van der Waals surface area contributed by atoms with Crippen LogP contribution in [0.15, 0.2) is 24.3 Å². The highest BCUT2D eigenvalue weighted by Crippen LogP contribution is 2.21. The largest absolute Gasteiger partial charge is 0.497 e. The molecule has 1 aromatic carbocycles. The number of rotatable bonds is 4. The average molecular weight is 272 g/mol. The van der Waals surface area contributed by atoms with Crippen LogP contribution in [-0.4, -0.2) is 28.4 Å². The van der Waals surface area contributed by atoms with E-state index >= 15 is 0 Å². The zero-order valence-electron chi connectivity index (χ0n) is 11.7. The maximum atomic E-state index is 5.80. The summed E-state index contributed by atoms with van der Waals surface area (Å²) in [6.07, 6.45) is 2.88. The molecule has 0 radical (unpaired) electrons. The minimum Gasteiger partial charge on any atom is -0.497 e. The molecule has 1 atom stereocenters. The lowest BCUT2D eigenvalue weighted by Gasteiger charge is -2.23. The van der Waals surface area contributed by atoms with Crippen molar-refractivity contribution in [2.24, 2.45) is 11.7 Å². The van der Waals surface area contributed by atoms with Crippen molar-refractivity contribution in [2.45, 2.75) is 25.8 Å². The summed E-state index contributed by atoms with van der Waals surface area (Å²) in [4.78, 5) is 0. The molecule has 5 heteroatoms. The first-order chi connectivity index (χ1) is 9.80.